The second-order valence-corrected chi connectivity index (χ2v) is 7.70. The number of carboxylic acids is 1. The minimum atomic E-state index is -4.06. The first-order valence-corrected chi connectivity index (χ1v) is 8.18. The number of anilines is 1. The number of nitrogens with zero attached hydrogens (tertiary/aromatic N) is 1. The molecule has 0 aliphatic carbocycles. The summed E-state index contributed by atoms with van der Waals surface area (Å²) >= 11 is 0.608. The molecule has 2 aromatic rings. The largest absolute Gasteiger partial charge is 0.477 e. The number of halogens is 2. The first-order chi connectivity index (χ1) is 10.1. The summed E-state index contributed by atoms with van der Waals surface area (Å²) in [6.07, 6.45) is 0. The van der Waals surface area contributed by atoms with Crippen molar-refractivity contribution in [2.75, 3.05) is 11.4 Å². The van der Waals surface area contributed by atoms with Gasteiger partial charge in [-0.15, -0.1) is 11.3 Å². The van der Waals surface area contributed by atoms with Crippen LogP contribution >= 0.6 is 11.3 Å². The molecular weight excluding hydrogens is 336 g/mol. The zero-order valence-corrected chi connectivity index (χ0v) is 13.1. The van der Waals surface area contributed by atoms with Gasteiger partial charge in [0.05, 0.1) is 5.69 Å². The Labute approximate surface area is 129 Å². The number of aryl methyl sites for hydroxylation is 1. The summed E-state index contributed by atoms with van der Waals surface area (Å²) < 4.78 is 51.6. The summed E-state index contributed by atoms with van der Waals surface area (Å²) in [6, 6.07) is 3.93. The summed E-state index contributed by atoms with van der Waals surface area (Å²) in [6.45, 7) is 1.48. The van der Waals surface area contributed by atoms with Crippen LogP contribution in [-0.4, -0.2) is 26.5 Å². The predicted molar refractivity (Wildman–Crippen MR) is 78.0 cm³/mol. The quantitative estimate of drug-likeness (QED) is 0.923. The number of hydrogen-bond donors (Lipinski definition) is 1. The van der Waals surface area contributed by atoms with Gasteiger partial charge in [-0.05, 0) is 30.7 Å². The van der Waals surface area contributed by atoms with Crippen molar-refractivity contribution in [1.29, 1.82) is 0 Å². The van der Waals surface area contributed by atoms with E-state index in [1.807, 2.05) is 0 Å². The van der Waals surface area contributed by atoms with Gasteiger partial charge in [0, 0.05) is 13.1 Å². The average Bonchev–Trinajstić information content (AvgIpc) is 2.84. The van der Waals surface area contributed by atoms with Gasteiger partial charge in [-0.25, -0.2) is 22.0 Å². The van der Waals surface area contributed by atoms with Crippen molar-refractivity contribution in [3.05, 3.63) is 46.3 Å². The summed E-state index contributed by atoms with van der Waals surface area (Å²) in [7, 11) is -2.88. The van der Waals surface area contributed by atoms with Crippen LogP contribution in [0.5, 0.6) is 0 Å². The minimum absolute atomic E-state index is 0.0678. The molecule has 0 atom stereocenters. The Hall–Kier alpha value is -2.00. The van der Waals surface area contributed by atoms with Crippen LogP contribution in [0.3, 0.4) is 0 Å². The number of thiophene rings is 1. The number of carbonyl (C=O) groups is 1. The van der Waals surface area contributed by atoms with E-state index in [4.69, 9.17) is 5.11 Å². The molecule has 0 radical (unpaired) electrons. The second kappa shape index (κ2) is 5.65. The molecule has 0 aliphatic heterocycles. The van der Waals surface area contributed by atoms with Gasteiger partial charge in [0.25, 0.3) is 10.0 Å². The topological polar surface area (TPSA) is 74.7 Å². The van der Waals surface area contributed by atoms with Crippen molar-refractivity contribution in [1.82, 2.24) is 0 Å². The maximum Gasteiger partial charge on any atom is 0.346 e. The lowest BCUT2D eigenvalue weighted by Crippen LogP contribution is -2.26. The van der Waals surface area contributed by atoms with Gasteiger partial charge in [0.15, 0.2) is 11.6 Å². The Morgan fingerprint density at radius 2 is 1.86 bits per heavy atom. The van der Waals surface area contributed by atoms with Gasteiger partial charge in [-0.1, -0.05) is 0 Å². The Balaban J connectivity index is 2.47. The van der Waals surface area contributed by atoms with Crippen LogP contribution in [-0.2, 0) is 10.0 Å². The molecule has 0 aliphatic rings. The van der Waals surface area contributed by atoms with E-state index >= 15 is 0 Å². The van der Waals surface area contributed by atoms with E-state index in [1.54, 1.807) is 0 Å². The fraction of sp³-hybridized carbons (Fsp3) is 0.154. The van der Waals surface area contributed by atoms with Crippen LogP contribution in [0.1, 0.15) is 15.2 Å². The molecule has 1 aromatic heterocycles. The molecule has 1 aromatic carbocycles. The fourth-order valence-corrected chi connectivity index (χ4v) is 4.48. The lowest BCUT2D eigenvalue weighted by atomic mass is 10.3. The molecule has 0 saturated carbocycles. The highest BCUT2D eigenvalue weighted by Gasteiger charge is 2.26. The Morgan fingerprint density at radius 1 is 1.23 bits per heavy atom. The lowest BCUT2D eigenvalue weighted by molar-refractivity contribution is 0.0701. The van der Waals surface area contributed by atoms with E-state index in [-0.39, 0.29) is 14.8 Å². The van der Waals surface area contributed by atoms with Crippen molar-refractivity contribution in [3.8, 4) is 0 Å². The van der Waals surface area contributed by atoms with E-state index in [1.165, 1.54) is 20.0 Å². The Kier molecular flexibility index (Phi) is 4.21. The van der Waals surface area contributed by atoms with Crippen molar-refractivity contribution < 1.29 is 27.1 Å². The van der Waals surface area contributed by atoms with Crippen molar-refractivity contribution in [2.24, 2.45) is 0 Å². The highest BCUT2D eigenvalue weighted by atomic mass is 32.2. The van der Waals surface area contributed by atoms with E-state index in [2.05, 4.69) is 0 Å². The Morgan fingerprint density at radius 3 is 2.36 bits per heavy atom. The summed E-state index contributed by atoms with van der Waals surface area (Å²) in [5.74, 6) is -3.48. The van der Waals surface area contributed by atoms with Crippen LogP contribution in [0, 0.1) is 18.6 Å². The van der Waals surface area contributed by atoms with Crippen LogP contribution in [0.2, 0.25) is 0 Å². The minimum Gasteiger partial charge on any atom is -0.477 e. The number of rotatable bonds is 4. The van der Waals surface area contributed by atoms with E-state index in [0.717, 1.165) is 22.5 Å². The second-order valence-electron chi connectivity index (χ2n) is 4.45. The third kappa shape index (κ3) is 2.81. The van der Waals surface area contributed by atoms with Crippen LogP contribution in [0.15, 0.2) is 28.5 Å². The zero-order chi connectivity index (χ0) is 16.7. The number of benzene rings is 1. The van der Waals surface area contributed by atoms with Gasteiger partial charge in [0.2, 0.25) is 0 Å². The van der Waals surface area contributed by atoms with Crippen LogP contribution in [0.25, 0.3) is 0 Å². The average molecular weight is 347 g/mol. The SMILES string of the molecule is Cc1cc(S(=O)(=O)N(C)c2ccc(F)c(F)c2)sc1C(=O)O. The molecule has 2 rings (SSSR count). The number of carboxylic acid groups (broad SMARTS) is 1. The van der Waals surface area contributed by atoms with Crippen molar-refractivity contribution in [2.45, 2.75) is 11.1 Å². The van der Waals surface area contributed by atoms with Crippen molar-refractivity contribution in [3.63, 3.8) is 0 Å². The molecule has 0 saturated heterocycles. The van der Waals surface area contributed by atoms with E-state index in [9.17, 15) is 22.0 Å². The van der Waals surface area contributed by atoms with Crippen LogP contribution < -0.4 is 4.31 Å². The number of aromatic carboxylic acids is 1. The monoisotopic (exact) mass is 347 g/mol. The van der Waals surface area contributed by atoms with E-state index < -0.39 is 27.6 Å². The third-order valence-corrected chi connectivity index (χ3v) is 6.43. The maximum atomic E-state index is 13.2. The first kappa shape index (κ1) is 16.4. The molecule has 9 heteroatoms. The molecule has 22 heavy (non-hydrogen) atoms. The highest BCUT2D eigenvalue weighted by molar-refractivity contribution is 7.94. The summed E-state index contributed by atoms with van der Waals surface area (Å²) in [5.41, 5.74) is 0.247. The molecule has 1 N–H and O–H groups in total. The fourth-order valence-electron chi connectivity index (χ4n) is 1.75. The lowest BCUT2D eigenvalue weighted by Gasteiger charge is -2.18. The molecule has 0 unspecified atom stereocenters. The zero-order valence-electron chi connectivity index (χ0n) is 11.5. The molecule has 0 spiro atoms. The molecule has 0 amide bonds. The van der Waals surface area contributed by atoms with Crippen LogP contribution in [0.4, 0.5) is 14.5 Å². The van der Waals surface area contributed by atoms with E-state index in [0.29, 0.717) is 16.9 Å². The summed E-state index contributed by atoms with van der Waals surface area (Å²) in [4.78, 5) is 10.9. The number of sulfonamides is 1. The summed E-state index contributed by atoms with van der Waals surface area (Å²) in [5, 5.41) is 8.98. The first-order valence-electron chi connectivity index (χ1n) is 5.92. The van der Waals surface area contributed by atoms with Gasteiger partial charge >= 0.3 is 5.97 Å². The maximum absolute atomic E-state index is 13.2. The van der Waals surface area contributed by atoms with Gasteiger partial charge < -0.3 is 5.11 Å². The Bertz CT molecular complexity index is 846. The molecule has 118 valence electrons. The molecule has 0 bridgehead atoms. The highest BCUT2D eigenvalue weighted by Crippen LogP contribution is 2.30. The molecule has 5 nitrogen and oxygen atoms in total. The number of hydrogen-bond acceptors (Lipinski definition) is 4. The van der Waals surface area contributed by atoms with Crippen molar-refractivity contribution >= 4 is 33.0 Å². The van der Waals surface area contributed by atoms with Gasteiger partial charge in [-0.2, -0.15) is 0 Å². The molecule has 0 fully saturated rings. The predicted octanol–water partition coefficient (Wildman–Crippen LogP) is 2.86. The third-order valence-electron chi connectivity index (χ3n) is 2.97. The normalized spacial score (nSPS) is 11.5. The molecular formula is C13H11F2NO4S2. The standard InChI is InChI=1S/C13H11F2NO4S2/c1-7-5-11(21-12(7)13(17)18)22(19,20)16(2)8-3-4-9(14)10(15)6-8/h3-6H,1-2H3,(H,17,18). The van der Waals surface area contributed by atoms with Gasteiger partial charge in [-0.3, -0.25) is 4.31 Å². The smallest absolute Gasteiger partial charge is 0.346 e. The van der Waals surface area contributed by atoms with Gasteiger partial charge in [0.1, 0.15) is 9.09 Å². The molecule has 1 heterocycles.